The van der Waals surface area contributed by atoms with E-state index in [1.807, 2.05) is 18.2 Å². The Hall–Kier alpha value is -3.27. The largest absolute Gasteiger partial charge is 0.488 e. The lowest BCUT2D eigenvalue weighted by molar-refractivity contribution is -0.145. The molecule has 2 atom stereocenters. The van der Waals surface area contributed by atoms with Crippen molar-refractivity contribution in [2.75, 3.05) is 27.7 Å². The fourth-order valence-electron chi connectivity index (χ4n) is 6.46. The predicted molar refractivity (Wildman–Crippen MR) is 157 cm³/mol. The van der Waals surface area contributed by atoms with Crippen LogP contribution in [0, 0.1) is 5.92 Å². The van der Waals surface area contributed by atoms with Gasteiger partial charge in [0.05, 0.1) is 19.2 Å². The number of carbonyl (C=O) groups is 2. The zero-order valence-electron chi connectivity index (χ0n) is 25.9. The third-order valence-corrected chi connectivity index (χ3v) is 8.66. The molecule has 7 nitrogen and oxygen atoms in total. The van der Waals surface area contributed by atoms with Gasteiger partial charge in [0.25, 0.3) is 0 Å². The topological polar surface area (TPSA) is 68.3 Å². The number of halogens is 3. The monoisotopic (exact) mass is 604 g/mol. The van der Waals surface area contributed by atoms with Gasteiger partial charge in [-0.25, -0.2) is 9.59 Å². The zero-order valence-corrected chi connectivity index (χ0v) is 25.9. The minimum Gasteiger partial charge on any atom is -0.488 e. The molecule has 0 spiro atoms. The summed E-state index contributed by atoms with van der Waals surface area (Å²) in [5, 5.41) is 0. The number of hydrogen-bond acceptors (Lipinski definition) is 6. The number of nitrogens with zero attached hydrogens (tertiary/aromatic N) is 2. The first-order valence-electron chi connectivity index (χ1n) is 14.8. The molecule has 1 aliphatic heterocycles. The molecule has 2 aromatic rings. The molecule has 43 heavy (non-hydrogen) atoms. The molecule has 4 rings (SSSR count). The molecule has 1 amide bonds. The molecule has 10 heteroatoms. The summed E-state index contributed by atoms with van der Waals surface area (Å²) < 4.78 is 58.7. The molecule has 0 unspecified atom stereocenters. The van der Waals surface area contributed by atoms with Gasteiger partial charge >= 0.3 is 18.2 Å². The van der Waals surface area contributed by atoms with Crippen LogP contribution in [0.3, 0.4) is 0 Å². The van der Waals surface area contributed by atoms with Crippen molar-refractivity contribution in [1.82, 2.24) is 9.80 Å². The van der Waals surface area contributed by atoms with Crippen molar-refractivity contribution in [2.45, 2.75) is 88.8 Å². The molecule has 1 aliphatic carbocycles. The molecule has 0 aromatic heterocycles. The summed E-state index contributed by atoms with van der Waals surface area (Å²) in [5.41, 5.74) is -0.160. The lowest BCUT2D eigenvalue weighted by Gasteiger charge is -2.45. The van der Waals surface area contributed by atoms with E-state index in [1.54, 1.807) is 20.8 Å². The normalized spacial score (nSPS) is 24.6. The molecule has 236 valence electrons. The number of alkyl halides is 3. The van der Waals surface area contributed by atoms with E-state index in [1.165, 1.54) is 29.7 Å². The Bertz CT molecular complexity index is 1270. The van der Waals surface area contributed by atoms with Gasteiger partial charge in [-0.1, -0.05) is 30.3 Å². The van der Waals surface area contributed by atoms with Crippen LogP contribution in [0.4, 0.5) is 18.0 Å². The smallest absolute Gasteiger partial charge is 0.416 e. The second-order valence-corrected chi connectivity index (χ2v) is 12.9. The van der Waals surface area contributed by atoms with E-state index >= 15 is 0 Å². The van der Waals surface area contributed by atoms with E-state index < -0.39 is 41.5 Å². The van der Waals surface area contributed by atoms with Crippen molar-refractivity contribution < 1.29 is 37.0 Å². The van der Waals surface area contributed by atoms with Crippen LogP contribution in [0.2, 0.25) is 0 Å². The van der Waals surface area contributed by atoms with Crippen LogP contribution in [0.1, 0.15) is 69.6 Å². The van der Waals surface area contributed by atoms with Crippen LogP contribution in [0.5, 0.6) is 5.75 Å². The minimum atomic E-state index is -4.50. The number of hydrogen-bond donors (Lipinski definition) is 0. The number of amides is 1. The molecule has 2 fully saturated rings. The molecular weight excluding hydrogens is 561 g/mol. The average Bonchev–Trinajstić information content (AvgIpc) is 3.36. The van der Waals surface area contributed by atoms with Crippen LogP contribution in [0.15, 0.2) is 48.5 Å². The van der Waals surface area contributed by atoms with Gasteiger partial charge < -0.3 is 14.2 Å². The number of esters is 1. The Kier molecular flexibility index (Phi) is 9.69. The quantitative estimate of drug-likeness (QED) is 0.323. The van der Waals surface area contributed by atoms with Crippen LogP contribution in [-0.2, 0) is 32.4 Å². The second kappa shape index (κ2) is 12.8. The Morgan fingerprint density at radius 2 is 1.67 bits per heavy atom. The zero-order chi connectivity index (χ0) is 31.6. The minimum absolute atomic E-state index is 0.0414. The van der Waals surface area contributed by atoms with Crippen molar-refractivity contribution >= 4 is 12.1 Å². The summed E-state index contributed by atoms with van der Waals surface area (Å²) in [4.78, 5) is 28.8. The second-order valence-electron chi connectivity index (χ2n) is 12.9. The number of ether oxygens (including phenoxy) is 3. The highest BCUT2D eigenvalue weighted by molar-refractivity contribution is 5.82. The average molecular weight is 605 g/mol. The van der Waals surface area contributed by atoms with E-state index in [-0.39, 0.29) is 42.2 Å². The highest BCUT2D eigenvalue weighted by Crippen LogP contribution is 2.45. The van der Waals surface area contributed by atoms with Gasteiger partial charge in [-0.15, -0.1) is 0 Å². The summed E-state index contributed by atoms with van der Waals surface area (Å²) in [6, 6.07) is 13.2. The van der Waals surface area contributed by atoms with Gasteiger partial charge in [-0.3, -0.25) is 9.80 Å². The van der Waals surface area contributed by atoms with Gasteiger partial charge in [-0.05, 0) is 102 Å². The summed E-state index contributed by atoms with van der Waals surface area (Å²) in [6.45, 7) is 5.21. The van der Waals surface area contributed by atoms with Gasteiger partial charge in [0.15, 0.2) is 0 Å². The van der Waals surface area contributed by atoms with Crippen LogP contribution in [-0.4, -0.2) is 67.4 Å². The van der Waals surface area contributed by atoms with Crippen molar-refractivity contribution in [3.05, 3.63) is 65.2 Å². The number of benzene rings is 2. The molecule has 0 bridgehead atoms. The molecular formula is C33H43F3N2O5. The summed E-state index contributed by atoms with van der Waals surface area (Å²) in [7, 11) is 5.36. The first kappa shape index (κ1) is 32.6. The van der Waals surface area contributed by atoms with Gasteiger partial charge in [0.1, 0.15) is 23.5 Å². The molecule has 1 heterocycles. The molecule has 0 radical (unpaired) electrons. The van der Waals surface area contributed by atoms with E-state index in [9.17, 15) is 22.8 Å². The molecule has 1 saturated heterocycles. The SMILES string of the molecule is COC(=O)[C@@H]1C[C@H](Oc2ccc(C(F)(F)F)c(C[C@H]3CC[C@](c4ccccc4)(N(C)C)CC3)c2)CN1C(=O)OC(C)(C)C. The van der Waals surface area contributed by atoms with Crippen LogP contribution >= 0.6 is 0 Å². The highest BCUT2D eigenvalue weighted by atomic mass is 19.4. The molecule has 1 saturated carbocycles. The maximum Gasteiger partial charge on any atom is 0.416 e. The maximum absolute atomic E-state index is 14.1. The fourth-order valence-corrected chi connectivity index (χ4v) is 6.46. The van der Waals surface area contributed by atoms with Crippen LogP contribution < -0.4 is 4.74 Å². The van der Waals surface area contributed by atoms with Crippen molar-refractivity contribution in [3.63, 3.8) is 0 Å². The van der Waals surface area contributed by atoms with Crippen molar-refractivity contribution in [1.29, 1.82) is 0 Å². The number of rotatable bonds is 7. The Balaban J connectivity index is 1.51. The van der Waals surface area contributed by atoms with E-state index in [4.69, 9.17) is 14.2 Å². The third kappa shape index (κ3) is 7.63. The molecule has 0 N–H and O–H groups in total. The molecule has 2 aromatic carbocycles. The van der Waals surface area contributed by atoms with Crippen molar-refractivity contribution in [2.24, 2.45) is 5.92 Å². The number of likely N-dealkylation sites (tertiary alicyclic amines) is 1. The highest BCUT2D eigenvalue weighted by Gasteiger charge is 2.44. The van der Waals surface area contributed by atoms with E-state index in [2.05, 4.69) is 31.1 Å². The summed E-state index contributed by atoms with van der Waals surface area (Å²) >= 11 is 0. The lowest BCUT2D eigenvalue weighted by Crippen LogP contribution is -2.44. The lowest BCUT2D eigenvalue weighted by atomic mass is 9.70. The van der Waals surface area contributed by atoms with Gasteiger partial charge in [0.2, 0.25) is 0 Å². The van der Waals surface area contributed by atoms with Crippen LogP contribution in [0.25, 0.3) is 0 Å². The molecule has 2 aliphatic rings. The Morgan fingerprint density at radius 3 is 2.23 bits per heavy atom. The first-order valence-corrected chi connectivity index (χ1v) is 14.8. The third-order valence-electron chi connectivity index (χ3n) is 8.66. The van der Waals surface area contributed by atoms with E-state index in [0.29, 0.717) is 0 Å². The number of methoxy groups -OCH3 is 1. The first-order chi connectivity index (χ1) is 20.1. The summed E-state index contributed by atoms with van der Waals surface area (Å²) in [5.74, 6) is -0.247. The van der Waals surface area contributed by atoms with E-state index in [0.717, 1.165) is 31.7 Å². The Labute approximate surface area is 252 Å². The standard InChI is InChI=1S/C33H43F3N2O5/c1-31(2,3)43-30(40)38-21-26(20-28(38)29(39)41-6)42-25-12-13-27(33(34,35)36)23(19-25)18-22-14-16-32(17-15-22,37(4)5)24-10-8-7-9-11-24/h7-13,19,22,26,28H,14-18,20-21H2,1-6H3/t22-,26-,28-,32-/m0/s1. The predicted octanol–water partition coefficient (Wildman–Crippen LogP) is 6.83. The fraction of sp³-hybridized carbons (Fsp3) is 0.576. The number of carbonyl (C=O) groups excluding carboxylic acids is 2. The summed E-state index contributed by atoms with van der Waals surface area (Å²) in [6.07, 6.45) is -2.09. The van der Waals surface area contributed by atoms with Crippen molar-refractivity contribution in [3.8, 4) is 5.75 Å². The van der Waals surface area contributed by atoms with Gasteiger partial charge in [-0.2, -0.15) is 13.2 Å². The van der Waals surface area contributed by atoms with Gasteiger partial charge in [0, 0.05) is 12.0 Å². The maximum atomic E-state index is 14.1. The Morgan fingerprint density at radius 1 is 1.02 bits per heavy atom.